The molecule has 0 aliphatic carbocycles. The molecule has 0 saturated heterocycles. The van der Waals surface area contributed by atoms with Gasteiger partial charge in [-0.05, 0) is 25.3 Å². The van der Waals surface area contributed by atoms with Gasteiger partial charge in [0.2, 0.25) is 0 Å². The molecule has 0 nitrogen and oxygen atoms in total. The highest BCUT2D eigenvalue weighted by molar-refractivity contribution is 9.11. The number of hydrogen-bond donors (Lipinski definition) is 0. The summed E-state index contributed by atoms with van der Waals surface area (Å²) in [4.78, 5) is 0.691. The van der Waals surface area contributed by atoms with Crippen molar-refractivity contribution in [2.24, 2.45) is 0 Å². The maximum absolute atomic E-state index is 6.19. The van der Waals surface area contributed by atoms with Gasteiger partial charge in [-0.15, -0.1) is 23.2 Å². The third-order valence-electron chi connectivity index (χ3n) is 1.83. The SMILES string of the molecule is C[C@@](Cl)(CBr)C/C=C(/Cl)[C@](C)(Cl)/C=C/Br. The second kappa shape index (κ2) is 6.90. The lowest BCUT2D eigenvalue weighted by Crippen LogP contribution is -2.18. The Bertz CT molecular complexity index is 257. The first-order chi connectivity index (χ1) is 6.75. The van der Waals surface area contributed by atoms with Crippen molar-refractivity contribution in [2.75, 3.05) is 5.33 Å². The van der Waals surface area contributed by atoms with Gasteiger partial charge >= 0.3 is 0 Å². The van der Waals surface area contributed by atoms with Gasteiger partial charge in [-0.25, -0.2) is 0 Å². The third-order valence-corrected chi connectivity index (χ3v) is 4.91. The Hall–Kier alpha value is 1.31. The number of halogens is 5. The van der Waals surface area contributed by atoms with Crippen LogP contribution in [-0.4, -0.2) is 15.1 Å². The van der Waals surface area contributed by atoms with E-state index in [1.165, 1.54) is 0 Å². The molecule has 0 unspecified atom stereocenters. The van der Waals surface area contributed by atoms with Crippen LogP contribution in [0.1, 0.15) is 20.3 Å². The summed E-state index contributed by atoms with van der Waals surface area (Å²) in [5.74, 6) is 0. The molecule has 0 aromatic heterocycles. The Balaban J connectivity index is 4.57. The first kappa shape index (κ1) is 16.3. The van der Waals surface area contributed by atoms with Gasteiger partial charge in [0, 0.05) is 10.4 Å². The lowest BCUT2D eigenvalue weighted by Gasteiger charge is -2.20. The van der Waals surface area contributed by atoms with Crippen molar-refractivity contribution >= 4 is 66.7 Å². The van der Waals surface area contributed by atoms with Crippen LogP contribution in [0.15, 0.2) is 22.2 Å². The van der Waals surface area contributed by atoms with Crippen molar-refractivity contribution in [1.29, 1.82) is 0 Å². The molecule has 0 bridgehead atoms. The van der Waals surface area contributed by atoms with Crippen molar-refractivity contribution < 1.29 is 0 Å². The largest absolute Gasteiger partial charge is 0.118 e. The summed E-state index contributed by atoms with van der Waals surface area (Å²) in [5, 5.41) is 1.28. The summed E-state index contributed by atoms with van der Waals surface area (Å²) in [5.41, 5.74) is 0. The predicted octanol–water partition coefficient (Wildman–Crippen LogP) is 5.80. The van der Waals surface area contributed by atoms with Crippen LogP contribution in [0, 0.1) is 0 Å². The normalized spacial score (nSPS) is 21.4. The quantitative estimate of drug-likeness (QED) is 0.513. The molecule has 0 heterocycles. The van der Waals surface area contributed by atoms with Crippen LogP contribution in [0.2, 0.25) is 0 Å². The maximum atomic E-state index is 6.19. The Morgan fingerprint density at radius 3 is 2.27 bits per heavy atom. The fraction of sp³-hybridized carbons (Fsp3) is 0.600. The van der Waals surface area contributed by atoms with Gasteiger partial charge in [0.15, 0.2) is 0 Å². The van der Waals surface area contributed by atoms with Crippen molar-refractivity contribution in [3.63, 3.8) is 0 Å². The molecule has 0 rings (SSSR count). The Labute approximate surface area is 123 Å². The van der Waals surface area contributed by atoms with Crippen LogP contribution in [0.4, 0.5) is 0 Å². The smallest absolute Gasteiger partial charge is 0.0957 e. The molecule has 88 valence electrons. The highest BCUT2D eigenvalue weighted by atomic mass is 79.9. The molecule has 0 fully saturated rings. The van der Waals surface area contributed by atoms with E-state index in [0.717, 1.165) is 0 Å². The van der Waals surface area contributed by atoms with E-state index in [4.69, 9.17) is 34.8 Å². The van der Waals surface area contributed by atoms with Gasteiger partial charge in [0.25, 0.3) is 0 Å². The molecule has 0 aliphatic heterocycles. The van der Waals surface area contributed by atoms with E-state index < -0.39 is 4.87 Å². The molecular formula is C10H13Br2Cl3. The van der Waals surface area contributed by atoms with Gasteiger partial charge in [-0.2, -0.15) is 0 Å². The summed E-state index contributed by atoms with van der Waals surface area (Å²) in [6.45, 7) is 3.76. The Kier molecular flexibility index (Phi) is 7.51. The maximum Gasteiger partial charge on any atom is 0.0957 e. The van der Waals surface area contributed by atoms with Crippen molar-refractivity contribution in [3.05, 3.63) is 22.2 Å². The van der Waals surface area contributed by atoms with Gasteiger partial charge in [-0.3, -0.25) is 0 Å². The molecule has 15 heavy (non-hydrogen) atoms. The fourth-order valence-electron chi connectivity index (χ4n) is 0.754. The van der Waals surface area contributed by atoms with E-state index in [1.54, 1.807) is 11.1 Å². The van der Waals surface area contributed by atoms with E-state index in [0.29, 0.717) is 16.8 Å². The van der Waals surface area contributed by atoms with Crippen LogP contribution in [0.25, 0.3) is 0 Å². The number of rotatable bonds is 5. The minimum atomic E-state index is -0.676. The molecule has 0 radical (unpaired) electrons. The van der Waals surface area contributed by atoms with Crippen LogP contribution in [-0.2, 0) is 0 Å². The molecule has 0 saturated carbocycles. The molecule has 2 atom stereocenters. The first-order valence-corrected chi connectivity index (χ1v) is 7.50. The van der Waals surface area contributed by atoms with E-state index in [9.17, 15) is 0 Å². The highest BCUT2D eigenvalue weighted by Gasteiger charge is 2.23. The van der Waals surface area contributed by atoms with Gasteiger partial charge in [0.05, 0.1) is 9.75 Å². The lowest BCUT2D eigenvalue weighted by atomic mass is 10.1. The van der Waals surface area contributed by atoms with Crippen LogP contribution in [0.5, 0.6) is 0 Å². The van der Waals surface area contributed by atoms with Crippen molar-refractivity contribution in [2.45, 2.75) is 30.0 Å². The molecule has 5 heteroatoms. The zero-order valence-electron chi connectivity index (χ0n) is 8.54. The lowest BCUT2D eigenvalue weighted by molar-refractivity contribution is 0.723. The van der Waals surface area contributed by atoms with Crippen LogP contribution in [0.3, 0.4) is 0 Å². The van der Waals surface area contributed by atoms with Crippen molar-refractivity contribution in [1.82, 2.24) is 0 Å². The molecule has 0 aromatic rings. The number of hydrogen-bond acceptors (Lipinski definition) is 0. The Morgan fingerprint density at radius 1 is 1.33 bits per heavy atom. The zero-order valence-corrected chi connectivity index (χ0v) is 14.0. The molecule has 0 spiro atoms. The summed E-state index contributed by atoms with van der Waals surface area (Å²) in [7, 11) is 0. The highest BCUT2D eigenvalue weighted by Crippen LogP contribution is 2.32. The summed E-state index contributed by atoms with van der Waals surface area (Å²) >= 11 is 25.0. The topological polar surface area (TPSA) is 0 Å². The number of allylic oxidation sites excluding steroid dienone is 3. The standard InChI is InChI=1S/C10H13Br2Cl3/c1-9(14,7-12)4-3-8(13)10(2,15)5-6-11/h3,5-6H,4,7H2,1-2H3/b6-5+,8-3+/t9-,10+/m0/s1. The molecule has 0 aromatic carbocycles. The van der Waals surface area contributed by atoms with Crippen molar-refractivity contribution in [3.8, 4) is 0 Å². The average molecular weight is 399 g/mol. The average Bonchev–Trinajstić information content (AvgIpc) is 2.14. The predicted molar refractivity (Wildman–Crippen MR) is 78.9 cm³/mol. The van der Waals surface area contributed by atoms with E-state index in [-0.39, 0.29) is 4.87 Å². The fourth-order valence-corrected chi connectivity index (χ4v) is 2.02. The van der Waals surface area contributed by atoms with E-state index in [1.807, 2.05) is 19.9 Å². The minimum absolute atomic E-state index is 0.328. The van der Waals surface area contributed by atoms with E-state index >= 15 is 0 Å². The van der Waals surface area contributed by atoms with E-state index in [2.05, 4.69) is 31.9 Å². The van der Waals surface area contributed by atoms with Gasteiger partial charge < -0.3 is 0 Å². The summed E-state index contributed by atoms with van der Waals surface area (Å²) in [6.07, 6.45) is 4.29. The Morgan fingerprint density at radius 2 is 1.87 bits per heavy atom. The molecular weight excluding hydrogens is 386 g/mol. The second-order valence-corrected chi connectivity index (χ2v) is 6.87. The van der Waals surface area contributed by atoms with Gasteiger partial charge in [-0.1, -0.05) is 55.6 Å². The third kappa shape index (κ3) is 6.58. The van der Waals surface area contributed by atoms with Gasteiger partial charge in [0.1, 0.15) is 0 Å². The summed E-state index contributed by atoms with van der Waals surface area (Å²) in [6, 6.07) is 0. The molecule has 0 aliphatic rings. The summed E-state index contributed by atoms with van der Waals surface area (Å²) < 4.78 is 0. The van der Waals surface area contributed by atoms with Crippen LogP contribution < -0.4 is 0 Å². The zero-order chi connectivity index (χ0) is 12.1. The second-order valence-electron chi connectivity index (χ2n) is 3.67. The van der Waals surface area contributed by atoms with Crippen LogP contribution >= 0.6 is 66.7 Å². The molecule has 0 amide bonds. The minimum Gasteiger partial charge on any atom is -0.118 e. The monoisotopic (exact) mass is 396 g/mol. The number of alkyl halides is 3. The first-order valence-electron chi connectivity index (χ1n) is 4.33. The molecule has 0 N–H and O–H groups in total.